The Labute approximate surface area is 388 Å². The van der Waals surface area contributed by atoms with Crippen LogP contribution in [-0.2, 0) is 14.1 Å². The Kier molecular flexibility index (Phi) is 40.2. The van der Waals surface area contributed by atoms with Crippen molar-refractivity contribution >= 4 is 17.8 Å². The normalized spacial score (nSPS) is 10.8. The number of hydrogen-bond donors (Lipinski definition) is 0. The number of pyridine rings is 2. The first-order chi connectivity index (χ1) is 27.1. The zero-order chi connectivity index (χ0) is 39.3. The number of unbranched alkanes of at least 4 members (excludes halogenated alkanes) is 26. The molecule has 0 amide bonds. The summed E-state index contributed by atoms with van der Waals surface area (Å²) in [5.74, 6) is 0. The second kappa shape index (κ2) is 41.3. The lowest BCUT2D eigenvalue weighted by atomic mass is 10.0. The van der Waals surface area contributed by atoms with Gasteiger partial charge in [-0.25, -0.2) is 9.13 Å². The maximum Gasteiger partial charge on any atom is 0.169 e. The number of halogens is 2. The molecule has 0 atom stereocenters. The molecule has 0 saturated carbocycles. The fourth-order valence-electron chi connectivity index (χ4n) is 7.46. The van der Waals surface area contributed by atoms with Gasteiger partial charge in [0.1, 0.15) is 14.1 Å². The number of aromatic nitrogens is 2. The highest BCUT2D eigenvalue weighted by atomic mass is 127. The molecule has 2 aromatic heterocycles. The molecule has 0 spiro atoms. The first-order valence-electron chi connectivity index (χ1n) is 23.5. The fourth-order valence-corrected chi connectivity index (χ4v) is 7.46. The van der Waals surface area contributed by atoms with Crippen LogP contribution >= 0.6 is 0 Å². The van der Waals surface area contributed by atoms with E-state index in [1.165, 1.54) is 210 Å². The van der Waals surface area contributed by atoms with Gasteiger partial charge in [0.15, 0.2) is 24.8 Å². The maximum atomic E-state index is 2.69. The first kappa shape index (κ1) is 55.5. The van der Waals surface area contributed by atoms with Gasteiger partial charge in [-0.1, -0.05) is 211 Å². The topological polar surface area (TPSA) is 11.0 Å². The summed E-state index contributed by atoms with van der Waals surface area (Å²) in [6.07, 6.45) is 52.6. The van der Waals surface area contributed by atoms with Crippen molar-refractivity contribution in [3.63, 3.8) is 0 Å². The van der Waals surface area contributed by atoms with Crippen LogP contribution in [0.15, 0.2) is 79.4 Å². The smallest absolute Gasteiger partial charge is 0.169 e. The molecule has 0 radical (unpaired) electrons. The van der Waals surface area contributed by atoms with Gasteiger partial charge in [-0.05, 0) is 36.1 Å². The zero-order valence-electron chi connectivity index (χ0n) is 37.5. The van der Waals surface area contributed by atoms with Crippen LogP contribution < -0.4 is 62.0 Å². The van der Waals surface area contributed by atoms with Crippen LogP contribution in [0.1, 0.15) is 205 Å². The Balaban J connectivity index is 0.00000313. The molecule has 1 aromatic carbocycles. The molecule has 0 fully saturated rings. The van der Waals surface area contributed by atoms with E-state index in [4.69, 9.17) is 0 Å². The Bertz CT molecular complexity index is 1230. The third-order valence-corrected chi connectivity index (χ3v) is 11.2. The first-order valence-corrected chi connectivity index (χ1v) is 23.5. The third kappa shape index (κ3) is 33.0. The quantitative estimate of drug-likeness (QED) is 0.0337. The summed E-state index contributed by atoms with van der Waals surface area (Å²) in [6.45, 7) is 7.02. The van der Waals surface area contributed by atoms with Gasteiger partial charge in [0, 0.05) is 43.0 Å². The zero-order valence-corrected chi connectivity index (χ0v) is 41.8. The van der Waals surface area contributed by atoms with Crippen molar-refractivity contribution in [3.8, 4) is 0 Å². The van der Waals surface area contributed by atoms with Crippen LogP contribution in [0.4, 0.5) is 5.69 Å². The highest BCUT2D eigenvalue weighted by Gasteiger charge is 2.07. The minimum Gasteiger partial charge on any atom is -1.00 e. The second-order valence-corrected chi connectivity index (χ2v) is 16.4. The molecule has 0 saturated heterocycles. The maximum absolute atomic E-state index is 2.69. The summed E-state index contributed by atoms with van der Waals surface area (Å²) < 4.78 is 4.08. The van der Waals surface area contributed by atoms with Crippen LogP contribution in [0.3, 0.4) is 0 Å². The molecule has 324 valence electrons. The summed E-state index contributed by atoms with van der Waals surface area (Å²) in [4.78, 5) is 2.69. The van der Waals surface area contributed by atoms with Gasteiger partial charge >= 0.3 is 0 Å². The van der Waals surface area contributed by atoms with E-state index in [0.717, 1.165) is 0 Å². The molecule has 57 heavy (non-hydrogen) atoms. The largest absolute Gasteiger partial charge is 1.00 e. The van der Waals surface area contributed by atoms with Crippen molar-refractivity contribution in [2.24, 2.45) is 14.1 Å². The lowest BCUT2D eigenvalue weighted by molar-refractivity contribution is -0.671. The molecule has 5 heteroatoms. The highest BCUT2D eigenvalue weighted by molar-refractivity contribution is 5.70. The van der Waals surface area contributed by atoms with Crippen molar-refractivity contribution in [2.45, 2.75) is 194 Å². The standard InChI is InChI=1S/C46H79N2.C6H8N.2HI/c1-4-6-8-10-12-14-16-18-20-22-24-26-28-30-40-48(41-31-29-27-25-23-21-19-17-15-13-11-9-7-5-2)46-36-34-44(35-37-46)32-33-45-38-42-47(3)43-39-45;1-7-5-3-2-4-6-7;;/h32-39,42-43H,4-31,40-41H2,1-3H3;2-6H,1H3;2*1H/q2*+1;;/p-2. The van der Waals surface area contributed by atoms with Gasteiger partial charge in [0.05, 0.1) is 0 Å². The second-order valence-electron chi connectivity index (χ2n) is 16.4. The molecular formula is C52H87I2N3. The molecule has 2 heterocycles. The number of benzene rings is 1. The van der Waals surface area contributed by atoms with Crippen molar-refractivity contribution in [1.29, 1.82) is 0 Å². The van der Waals surface area contributed by atoms with Crippen LogP contribution in [0.5, 0.6) is 0 Å². The lowest BCUT2D eigenvalue weighted by Gasteiger charge is -2.25. The molecule has 3 rings (SSSR count). The third-order valence-electron chi connectivity index (χ3n) is 11.2. The Hall–Kier alpha value is -1.48. The minimum absolute atomic E-state index is 0. The van der Waals surface area contributed by atoms with Crippen LogP contribution in [0.25, 0.3) is 12.2 Å². The van der Waals surface area contributed by atoms with Gasteiger partial charge in [-0.15, -0.1) is 0 Å². The van der Waals surface area contributed by atoms with Crippen molar-refractivity contribution in [1.82, 2.24) is 0 Å². The minimum atomic E-state index is 0. The number of hydrogen-bond acceptors (Lipinski definition) is 1. The molecule has 0 aliphatic heterocycles. The van der Waals surface area contributed by atoms with E-state index >= 15 is 0 Å². The molecule has 0 aliphatic carbocycles. The van der Waals surface area contributed by atoms with Crippen molar-refractivity contribution < 1.29 is 57.1 Å². The van der Waals surface area contributed by atoms with Crippen molar-refractivity contribution in [2.75, 3.05) is 18.0 Å². The number of rotatable bonds is 33. The van der Waals surface area contributed by atoms with E-state index in [-0.39, 0.29) is 48.0 Å². The molecule has 0 N–H and O–H groups in total. The summed E-state index contributed by atoms with van der Waals surface area (Å²) in [5, 5.41) is 0. The predicted octanol–water partition coefficient (Wildman–Crippen LogP) is 8.97. The van der Waals surface area contributed by atoms with E-state index in [9.17, 15) is 0 Å². The van der Waals surface area contributed by atoms with Gasteiger partial charge in [0.2, 0.25) is 0 Å². The number of aryl methyl sites for hydroxylation is 2. The van der Waals surface area contributed by atoms with E-state index < -0.39 is 0 Å². The summed E-state index contributed by atoms with van der Waals surface area (Å²) in [7, 11) is 4.06. The highest BCUT2D eigenvalue weighted by Crippen LogP contribution is 2.21. The average Bonchev–Trinajstić information content (AvgIpc) is 3.21. The van der Waals surface area contributed by atoms with E-state index in [1.54, 1.807) is 0 Å². The molecule has 0 aliphatic rings. The van der Waals surface area contributed by atoms with Crippen LogP contribution in [0, 0.1) is 0 Å². The fraction of sp³-hybridized carbons (Fsp3) is 0.654. The SMILES string of the molecule is CCCCCCCCCCCCCCCCN(CCCCCCCCCCCCCCCC)c1ccc(C=Cc2cc[n+](C)cc2)cc1.C[n+]1ccccc1.[I-].[I-]. The van der Waals surface area contributed by atoms with Gasteiger partial charge < -0.3 is 52.9 Å². The monoisotopic (exact) mass is 1010 g/mol. The molecular weight excluding hydrogens is 920 g/mol. The van der Waals surface area contributed by atoms with Crippen molar-refractivity contribution in [3.05, 3.63) is 90.5 Å². The Morgan fingerprint density at radius 1 is 0.368 bits per heavy atom. The number of anilines is 1. The van der Waals surface area contributed by atoms with Crippen LogP contribution in [-0.4, -0.2) is 13.1 Å². The molecule has 3 nitrogen and oxygen atoms in total. The lowest BCUT2D eigenvalue weighted by Crippen LogP contribution is -3.00. The Morgan fingerprint density at radius 3 is 0.982 bits per heavy atom. The number of nitrogens with zero attached hydrogens (tertiary/aromatic N) is 3. The van der Waals surface area contributed by atoms with E-state index in [0.29, 0.717) is 0 Å². The summed E-state index contributed by atoms with van der Waals surface area (Å²) in [5.41, 5.74) is 3.93. The van der Waals surface area contributed by atoms with E-state index in [2.05, 4.69) is 91.3 Å². The van der Waals surface area contributed by atoms with Crippen LogP contribution in [0.2, 0.25) is 0 Å². The molecule has 0 bridgehead atoms. The Morgan fingerprint density at radius 2 is 0.667 bits per heavy atom. The van der Waals surface area contributed by atoms with E-state index in [1.807, 2.05) is 42.2 Å². The average molecular weight is 1010 g/mol. The molecule has 0 unspecified atom stereocenters. The van der Waals surface area contributed by atoms with Gasteiger partial charge in [-0.2, -0.15) is 0 Å². The molecule has 3 aromatic rings. The predicted molar refractivity (Wildman–Crippen MR) is 243 cm³/mol. The van der Waals surface area contributed by atoms with Gasteiger partial charge in [0.25, 0.3) is 0 Å². The summed E-state index contributed by atoms with van der Waals surface area (Å²) in [6, 6.07) is 19.7. The summed E-state index contributed by atoms with van der Waals surface area (Å²) >= 11 is 0. The van der Waals surface area contributed by atoms with Gasteiger partial charge in [-0.3, -0.25) is 0 Å².